The van der Waals surface area contributed by atoms with Gasteiger partial charge in [-0.25, -0.2) is 4.99 Å². The average Bonchev–Trinajstić information content (AvgIpc) is 3.14. The highest BCUT2D eigenvalue weighted by atomic mass is 16.8. The van der Waals surface area contributed by atoms with Gasteiger partial charge >= 0.3 is 0 Å². The van der Waals surface area contributed by atoms with Crippen LogP contribution in [0.1, 0.15) is 20.8 Å². The van der Waals surface area contributed by atoms with Crippen molar-refractivity contribution in [1.29, 1.82) is 5.41 Å². The third kappa shape index (κ3) is 5.89. The molecule has 0 amide bonds. The fraction of sp³-hybridized carbons (Fsp3) is 0.913. The first kappa shape index (κ1) is 34.5. The molecule has 15 atom stereocenters. The Balaban J connectivity index is 2.05. The van der Waals surface area contributed by atoms with Crippen LogP contribution in [0.3, 0.4) is 0 Å². The summed E-state index contributed by atoms with van der Waals surface area (Å²) in [7, 11) is 1.44. The number of nitrogens with one attached hydrogen (secondary N) is 3. The molecule has 42 heavy (non-hydrogen) atoms. The summed E-state index contributed by atoms with van der Waals surface area (Å²) in [6.07, 6.45) is -14.3. The van der Waals surface area contributed by atoms with Crippen molar-refractivity contribution in [2.24, 2.45) is 22.2 Å². The van der Waals surface area contributed by atoms with Gasteiger partial charge in [0.1, 0.15) is 60.0 Å². The van der Waals surface area contributed by atoms with Gasteiger partial charge in [-0.05, 0) is 27.8 Å². The smallest absolute Gasteiger partial charge is 0.188 e. The molecule has 0 aromatic heterocycles. The number of hydrogen-bond acceptors (Lipinski definition) is 15. The minimum Gasteiger partial charge on any atom is -0.394 e. The van der Waals surface area contributed by atoms with Gasteiger partial charge in [0.2, 0.25) is 0 Å². The summed E-state index contributed by atoms with van der Waals surface area (Å²) in [4.78, 5) is 3.79. The Hall–Kier alpha value is -1.98. The predicted octanol–water partition coefficient (Wildman–Crippen LogP) is -7.38. The van der Waals surface area contributed by atoms with Gasteiger partial charge in [-0.3, -0.25) is 5.41 Å². The van der Waals surface area contributed by atoms with Crippen molar-refractivity contribution in [3.63, 3.8) is 0 Å². The SMILES string of the molecule is CN[C@H]1[C@H](O)[C@@H](O)[C@H](CO)O[C@@]1(C)O[C@H]1[C@@H](O[C@@]2(C)[C@H](O)[C@@H](O)C(N=C(N)N)[C@@H](O)[C@@H]2NC(=N)N)O[C@@H](C)[C@]1(O)CO. The summed E-state index contributed by atoms with van der Waals surface area (Å²) in [6, 6.07) is -4.09. The Morgan fingerprint density at radius 3 is 2.10 bits per heavy atom. The summed E-state index contributed by atoms with van der Waals surface area (Å²) in [5.41, 5.74) is 12.1. The quantitative estimate of drug-likeness (QED) is 0.0850. The lowest BCUT2D eigenvalue weighted by atomic mass is 9.73. The molecule has 1 unspecified atom stereocenters. The third-order valence-electron chi connectivity index (χ3n) is 8.46. The summed E-state index contributed by atoms with van der Waals surface area (Å²) in [6.45, 7) is 2.38. The Labute approximate surface area is 241 Å². The summed E-state index contributed by atoms with van der Waals surface area (Å²) in [5, 5.41) is 98.8. The zero-order valence-electron chi connectivity index (χ0n) is 23.7. The first-order chi connectivity index (χ1) is 19.4. The normalized spacial score (nSPS) is 49.4. The highest BCUT2D eigenvalue weighted by Crippen LogP contribution is 2.44. The summed E-state index contributed by atoms with van der Waals surface area (Å²) < 4.78 is 24.0. The largest absolute Gasteiger partial charge is 0.394 e. The highest BCUT2D eigenvalue weighted by molar-refractivity contribution is 5.76. The van der Waals surface area contributed by atoms with Crippen LogP contribution in [-0.4, -0.2) is 163 Å². The Bertz CT molecular complexity index is 995. The number of nitrogens with two attached hydrogens (primary N) is 3. The number of aliphatic hydroxyl groups is 8. The van der Waals surface area contributed by atoms with Gasteiger partial charge < -0.3 is 87.6 Å². The van der Waals surface area contributed by atoms with E-state index < -0.39 is 115 Å². The average molecular weight is 612 g/mol. The van der Waals surface area contributed by atoms with Crippen LogP contribution in [0.15, 0.2) is 4.99 Å². The molecule has 17 N–H and O–H groups in total. The maximum Gasteiger partial charge on any atom is 0.188 e. The fourth-order valence-electron chi connectivity index (χ4n) is 5.99. The minimum atomic E-state index is -2.19. The van der Waals surface area contributed by atoms with E-state index in [9.17, 15) is 40.9 Å². The number of aliphatic hydroxyl groups excluding tert-OH is 7. The lowest BCUT2D eigenvalue weighted by molar-refractivity contribution is -0.370. The molecule has 19 heteroatoms. The second-order valence-electron chi connectivity index (χ2n) is 11.2. The van der Waals surface area contributed by atoms with Crippen LogP contribution >= 0.6 is 0 Å². The molecule has 244 valence electrons. The van der Waals surface area contributed by atoms with Gasteiger partial charge in [-0.1, -0.05) is 0 Å². The number of rotatable bonds is 9. The molecule has 0 aromatic carbocycles. The van der Waals surface area contributed by atoms with Crippen LogP contribution in [0, 0.1) is 5.41 Å². The van der Waals surface area contributed by atoms with Crippen molar-refractivity contribution >= 4 is 11.9 Å². The van der Waals surface area contributed by atoms with Crippen molar-refractivity contribution in [1.82, 2.24) is 10.6 Å². The molecule has 1 saturated carbocycles. The van der Waals surface area contributed by atoms with Gasteiger partial charge in [0, 0.05) is 0 Å². The number of hydrogen-bond donors (Lipinski definition) is 14. The van der Waals surface area contributed by atoms with Crippen LogP contribution in [0.5, 0.6) is 0 Å². The van der Waals surface area contributed by atoms with Crippen molar-refractivity contribution in [2.45, 2.75) is 111 Å². The monoisotopic (exact) mass is 611 g/mol. The molecule has 19 nitrogen and oxygen atoms in total. The fourth-order valence-corrected chi connectivity index (χ4v) is 5.99. The molecule has 0 bridgehead atoms. The Morgan fingerprint density at radius 2 is 1.60 bits per heavy atom. The number of ether oxygens (including phenoxy) is 4. The topological polar surface area (TPSA) is 337 Å². The predicted molar refractivity (Wildman–Crippen MR) is 142 cm³/mol. The molecule has 0 spiro atoms. The molecule has 2 heterocycles. The van der Waals surface area contributed by atoms with Gasteiger partial charge in [0.05, 0.1) is 31.4 Å². The lowest BCUT2D eigenvalue weighted by Crippen LogP contribution is -2.76. The Morgan fingerprint density at radius 1 is 0.976 bits per heavy atom. The van der Waals surface area contributed by atoms with Gasteiger partial charge in [0.25, 0.3) is 0 Å². The van der Waals surface area contributed by atoms with E-state index in [0.717, 1.165) is 0 Å². The number of guanidine groups is 2. The molecular weight excluding hydrogens is 566 g/mol. The van der Waals surface area contributed by atoms with Crippen LogP contribution in [0.4, 0.5) is 0 Å². The molecule has 0 aromatic rings. The molecule has 2 aliphatic heterocycles. The van der Waals surface area contributed by atoms with E-state index in [0.29, 0.717) is 0 Å². The van der Waals surface area contributed by atoms with E-state index in [-0.39, 0.29) is 0 Å². The van der Waals surface area contributed by atoms with Crippen LogP contribution < -0.4 is 27.8 Å². The van der Waals surface area contributed by atoms with Crippen molar-refractivity contribution in [2.75, 3.05) is 20.3 Å². The molecule has 0 radical (unpaired) electrons. The van der Waals surface area contributed by atoms with Gasteiger partial charge in [-0.2, -0.15) is 0 Å². The second kappa shape index (κ2) is 12.6. The maximum atomic E-state index is 11.5. The first-order valence-corrected chi connectivity index (χ1v) is 13.3. The van der Waals surface area contributed by atoms with E-state index >= 15 is 0 Å². The van der Waals surface area contributed by atoms with Crippen LogP contribution in [0.25, 0.3) is 0 Å². The number of aliphatic imine (C=N–C) groups is 1. The summed E-state index contributed by atoms with van der Waals surface area (Å²) in [5.74, 6) is -3.05. The van der Waals surface area contributed by atoms with Crippen molar-refractivity contribution in [3.05, 3.63) is 0 Å². The third-order valence-corrected chi connectivity index (χ3v) is 8.46. The van der Waals surface area contributed by atoms with E-state index in [2.05, 4.69) is 15.6 Å². The molecule has 3 aliphatic rings. The van der Waals surface area contributed by atoms with E-state index in [1.54, 1.807) is 0 Å². The lowest BCUT2D eigenvalue weighted by Gasteiger charge is -2.53. The summed E-state index contributed by atoms with van der Waals surface area (Å²) >= 11 is 0. The first-order valence-electron chi connectivity index (χ1n) is 13.3. The molecular formula is C23H45N7O12. The van der Waals surface area contributed by atoms with Gasteiger partial charge in [0.15, 0.2) is 24.0 Å². The zero-order valence-corrected chi connectivity index (χ0v) is 23.7. The standard InChI is InChI=1S/C23H45N7O12/c1-7-23(38,6-32)17(41-22(3)15(28-4)13(36)10(33)8(5-31)40-22)18(39-7)42-21(2)14(30-20(26)27)11(34)9(29-19(24)25)12(35)16(21)37/h7-18,28,31-38H,5-6H2,1-4H3,(H4,24,25,29)(H4,26,27,30)/t7-,8-,9?,10-,11+,12-,13+,14-,15-,16+,17-,18+,21+,22-,23+/m0/s1. The van der Waals surface area contributed by atoms with Crippen molar-refractivity contribution < 1.29 is 59.8 Å². The van der Waals surface area contributed by atoms with Crippen molar-refractivity contribution in [3.8, 4) is 0 Å². The molecule has 3 fully saturated rings. The van der Waals surface area contributed by atoms with Gasteiger partial charge in [-0.15, -0.1) is 0 Å². The van der Waals surface area contributed by atoms with E-state index in [1.807, 2.05) is 0 Å². The van der Waals surface area contributed by atoms with Crippen LogP contribution in [0.2, 0.25) is 0 Å². The van der Waals surface area contributed by atoms with E-state index in [1.165, 1.54) is 27.8 Å². The second-order valence-corrected chi connectivity index (χ2v) is 11.2. The number of likely N-dealkylation sites (N-methyl/N-ethyl adjacent to an activating group) is 1. The van der Waals surface area contributed by atoms with E-state index in [4.69, 9.17) is 41.6 Å². The Kier molecular flexibility index (Phi) is 10.3. The zero-order chi connectivity index (χ0) is 31.9. The molecule has 3 rings (SSSR count). The minimum absolute atomic E-state index is 0.501. The molecule has 2 saturated heterocycles. The van der Waals surface area contributed by atoms with Crippen LogP contribution in [-0.2, 0) is 18.9 Å². The number of nitrogens with zero attached hydrogens (tertiary/aromatic N) is 1. The maximum absolute atomic E-state index is 11.5. The molecule has 1 aliphatic carbocycles. The highest BCUT2D eigenvalue weighted by Gasteiger charge is 2.65.